The quantitative estimate of drug-likeness (QED) is 0.751. The average molecular weight is 373 g/mol. The van der Waals surface area contributed by atoms with Crippen LogP contribution in [-0.4, -0.2) is 20.0 Å². The van der Waals surface area contributed by atoms with Gasteiger partial charge in [-0.2, -0.15) is 0 Å². The maximum atomic E-state index is 12.2. The Bertz CT molecular complexity index is 715. The molecule has 0 N–H and O–H groups in total. The van der Waals surface area contributed by atoms with E-state index in [4.69, 9.17) is 0 Å². The Morgan fingerprint density at radius 2 is 1.80 bits per heavy atom. The molecule has 106 valence electrons. The number of aryl methyl sites for hydroxylation is 1. The SMILES string of the molecule is CCc1ccc(C(=O)CS(=O)(=O)c2ccc(Br)cc2)s1. The highest BCUT2D eigenvalue weighted by Gasteiger charge is 2.21. The van der Waals surface area contributed by atoms with Crippen molar-refractivity contribution in [3.05, 3.63) is 50.6 Å². The Hall–Kier alpha value is -0.980. The topological polar surface area (TPSA) is 51.2 Å². The standard InChI is InChI=1S/C14H13BrO3S2/c1-2-11-5-8-14(19-11)13(16)9-20(17,18)12-6-3-10(15)4-7-12/h3-8H,2,9H2,1H3. The highest BCUT2D eigenvalue weighted by Crippen LogP contribution is 2.21. The summed E-state index contributed by atoms with van der Waals surface area (Å²) in [6, 6.07) is 9.86. The van der Waals surface area contributed by atoms with Crippen LogP contribution in [-0.2, 0) is 16.3 Å². The third kappa shape index (κ3) is 3.56. The highest BCUT2D eigenvalue weighted by atomic mass is 79.9. The van der Waals surface area contributed by atoms with Gasteiger partial charge in [-0.3, -0.25) is 4.79 Å². The number of ketones is 1. The van der Waals surface area contributed by atoms with Crippen molar-refractivity contribution in [1.29, 1.82) is 0 Å². The van der Waals surface area contributed by atoms with Crippen LogP contribution in [0.15, 0.2) is 45.8 Å². The van der Waals surface area contributed by atoms with Crippen LogP contribution in [0.4, 0.5) is 0 Å². The molecule has 0 atom stereocenters. The number of rotatable bonds is 5. The molecule has 0 aliphatic carbocycles. The maximum absolute atomic E-state index is 12.2. The normalized spacial score (nSPS) is 11.5. The largest absolute Gasteiger partial charge is 0.292 e. The van der Waals surface area contributed by atoms with Crippen molar-refractivity contribution >= 4 is 42.9 Å². The van der Waals surface area contributed by atoms with Crippen LogP contribution in [0, 0.1) is 0 Å². The lowest BCUT2D eigenvalue weighted by atomic mass is 10.3. The van der Waals surface area contributed by atoms with E-state index in [0.717, 1.165) is 15.8 Å². The number of halogens is 1. The minimum Gasteiger partial charge on any atom is -0.292 e. The zero-order valence-corrected chi connectivity index (χ0v) is 14.0. The van der Waals surface area contributed by atoms with E-state index >= 15 is 0 Å². The van der Waals surface area contributed by atoms with Crippen molar-refractivity contribution in [3.8, 4) is 0 Å². The van der Waals surface area contributed by atoms with Crippen LogP contribution in [0.3, 0.4) is 0 Å². The van der Waals surface area contributed by atoms with Gasteiger partial charge in [-0.15, -0.1) is 11.3 Å². The zero-order chi connectivity index (χ0) is 14.8. The van der Waals surface area contributed by atoms with E-state index in [0.29, 0.717) is 4.88 Å². The van der Waals surface area contributed by atoms with E-state index in [1.807, 2.05) is 13.0 Å². The van der Waals surface area contributed by atoms with Gasteiger partial charge in [-0.25, -0.2) is 8.42 Å². The molecule has 20 heavy (non-hydrogen) atoms. The summed E-state index contributed by atoms with van der Waals surface area (Å²) in [6.07, 6.45) is 0.845. The summed E-state index contributed by atoms with van der Waals surface area (Å²) < 4.78 is 25.1. The first-order valence-electron chi connectivity index (χ1n) is 6.02. The molecule has 1 heterocycles. The maximum Gasteiger partial charge on any atom is 0.188 e. The monoisotopic (exact) mass is 372 g/mol. The Morgan fingerprint density at radius 3 is 2.35 bits per heavy atom. The van der Waals surface area contributed by atoms with Gasteiger partial charge in [0.05, 0.1) is 9.77 Å². The van der Waals surface area contributed by atoms with Crippen molar-refractivity contribution in [1.82, 2.24) is 0 Å². The molecule has 0 fully saturated rings. The minimum absolute atomic E-state index is 0.168. The number of hydrogen-bond acceptors (Lipinski definition) is 4. The fourth-order valence-electron chi connectivity index (χ4n) is 1.69. The molecular weight excluding hydrogens is 360 g/mol. The summed E-state index contributed by atoms with van der Waals surface area (Å²) in [5, 5.41) is 0. The van der Waals surface area contributed by atoms with Crippen LogP contribution in [0.2, 0.25) is 0 Å². The number of hydrogen-bond donors (Lipinski definition) is 0. The smallest absolute Gasteiger partial charge is 0.188 e. The molecule has 1 aromatic carbocycles. The molecule has 0 bridgehead atoms. The number of carbonyl (C=O) groups excluding carboxylic acids is 1. The molecule has 0 spiro atoms. The summed E-state index contributed by atoms with van der Waals surface area (Å²) in [6.45, 7) is 2.00. The van der Waals surface area contributed by atoms with Gasteiger partial charge in [-0.1, -0.05) is 22.9 Å². The summed E-state index contributed by atoms with van der Waals surface area (Å²) in [5.41, 5.74) is 0. The summed E-state index contributed by atoms with van der Waals surface area (Å²) in [4.78, 5) is 13.8. The van der Waals surface area contributed by atoms with E-state index in [9.17, 15) is 13.2 Å². The Balaban J connectivity index is 2.19. The van der Waals surface area contributed by atoms with E-state index in [-0.39, 0.29) is 10.7 Å². The van der Waals surface area contributed by atoms with Gasteiger partial charge in [0, 0.05) is 9.35 Å². The van der Waals surface area contributed by atoms with Gasteiger partial charge < -0.3 is 0 Å². The third-order valence-electron chi connectivity index (χ3n) is 2.78. The van der Waals surface area contributed by atoms with Crippen molar-refractivity contribution in [2.45, 2.75) is 18.2 Å². The molecule has 2 rings (SSSR count). The van der Waals surface area contributed by atoms with E-state index < -0.39 is 15.6 Å². The lowest BCUT2D eigenvalue weighted by Crippen LogP contribution is -2.15. The second-order valence-electron chi connectivity index (χ2n) is 4.26. The molecule has 2 aromatic rings. The fourth-order valence-corrected chi connectivity index (χ4v) is 4.15. The van der Waals surface area contributed by atoms with Gasteiger partial charge in [0.2, 0.25) is 0 Å². The molecule has 0 radical (unpaired) electrons. The lowest BCUT2D eigenvalue weighted by molar-refractivity contribution is 0.102. The zero-order valence-electron chi connectivity index (χ0n) is 10.8. The first kappa shape index (κ1) is 15.4. The second-order valence-corrected chi connectivity index (χ2v) is 8.33. The second kappa shape index (κ2) is 6.20. The third-order valence-corrected chi connectivity index (χ3v) is 6.21. The van der Waals surface area contributed by atoms with Crippen molar-refractivity contribution < 1.29 is 13.2 Å². The predicted molar refractivity (Wildman–Crippen MR) is 84.2 cm³/mol. The fraction of sp³-hybridized carbons (Fsp3) is 0.214. The predicted octanol–water partition coefficient (Wildman–Crippen LogP) is 3.73. The molecule has 0 amide bonds. The molecule has 0 unspecified atom stereocenters. The molecule has 1 aromatic heterocycles. The molecule has 0 aliphatic heterocycles. The van der Waals surface area contributed by atoms with Crippen LogP contribution >= 0.6 is 27.3 Å². The van der Waals surface area contributed by atoms with Gasteiger partial charge in [-0.05, 0) is 42.8 Å². The number of carbonyl (C=O) groups is 1. The Labute approximate surface area is 130 Å². The first-order valence-corrected chi connectivity index (χ1v) is 9.29. The van der Waals surface area contributed by atoms with Crippen LogP contribution < -0.4 is 0 Å². The van der Waals surface area contributed by atoms with E-state index in [1.165, 1.54) is 23.5 Å². The highest BCUT2D eigenvalue weighted by molar-refractivity contribution is 9.10. The molecule has 0 aliphatic rings. The molecular formula is C14H13BrO3S2. The lowest BCUT2D eigenvalue weighted by Gasteiger charge is -2.03. The number of Topliss-reactive ketones (excluding diaryl/α,β-unsaturated/α-hetero) is 1. The van der Waals surface area contributed by atoms with E-state index in [1.54, 1.807) is 18.2 Å². The first-order chi connectivity index (χ1) is 9.42. The molecule has 3 nitrogen and oxygen atoms in total. The average Bonchev–Trinajstić information content (AvgIpc) is 2.87. The van der Waals surface area contributed by atoms with Gasteiger partial charge >= 0.3 is 0 Å². The molecule has 0 saturated heterocycles. The van der Waals surface area contributed by atoms with Crippen molar-refractivity contribution in [2.24, 2.45) is 0 Å². The van der Waals surface area contributed by atoms with Gasteiger partial charge in [0.15, 0.2) is 15.6 Å². The summed E-state index contributed by atoms with van der Waals surface area (Å²) >= 11 is 4.61. The number of thiophene rings is 1. The molecule has 6 heteroatoms. The Morgan fingerprint density at radius 1 is 1.15 bits per heavy atom. The van der Waals surface area contributed by atoms with Crippen LogP contribution in [0.25, 0.3) is 0 Å². The summed E-state index contributed by atoms with van der Waals surface area (Å²) in [7, 11) is -3.59. The summed E-state index contributed by atoms with van der Waals surface area (Å²) in [5.74, 6) is -0.837. The Kier molecular flexibility index (Phi) is 4.78. The van der Waals surface area contributed by atoms with Crippen molar-refractivity contribution in [2.75, 3.05) is 5.75 Å². The number of sulfone groups is 1. The van der Waals surface area contributed by atoms with Gasteiger partial charge in [0.25, 0.3) is 0 Å². The number of benzene rings is 1. The van der Waals surface area contributed by atoms with E-state index in [2.05, 4.69) is 15.9 Å². The van der Waals surface area contributed by atoms with Crippen molar-refractivity contribution in [3.63, 3.8) is 0 Å². The molecule has 0 saturated carbocycles. The minimum atomic E-state index is -3.59. The van der Waals surface area contributed by atoms with Gasteiger partial charge in [0.1, 0.15) is 5.75 Å². The van der Waals surface area contributed by atoms with Crippen LogP contribution in [0.5, 0.6) is 0 Å². The van der Waals surface area contributed by atoms with Crippen LogP contribution in [0.1, 0.15) is 21.5 Å².